The van der Waals surface area contributed by atoms with Gasteiger partial charge in [-0.15, -0.1) is 12.4 Å². The fraction of sp³-hybridized carbons (Fsp3) is 0.889. The molecule has 5 atom stereocenters. The van der Waals surface area contributed by atoms with Crippen LogP contribution in [0.5, 0.6) is 0 Å². The van der Waals surface area contributed by atoms with E-state index in [0.29, 0.717) is 24.3 Å². The van der Waals surface area contributed by atoms with Gasteiger partial charge in [0.2, 0.25) is 11.8 Å². The van der Waals surface area contributed by atoms with Crippen molar-refractivity contribution in [1.29, 1.82) is 0 Å². The third-order valence-electron chi connectivity index (χ3n) is 6.63. The smallest absolute Gasteiger partial charge is 0.227 e. The van der Waals surface area contributed by atoms with Crippen molar-refractivity contribution in [3.63, 3.8) is 0 Å². The van der Waals surface area contributed by atoms with Gasteiger partial charge in [-0.05, 0) is 62.7 Å². The van der Waals surface area contributed by atoms with Gasteiger partial charge < -0.3 is 16.0 Å². The fourth-order valence-electron chi connectivity index (χ4n) is 5.02. The second-order valence-corrected chi connectivity index (χ2v) is 8.25. The number of carbonyl (C=O) groups is 2. The molecule has 4 fully saturated rings. The van der Waals surface area contributed by atoms with Crippen LogP contribution < -0.4 is 11.1 Å². The number of carbonyl (C=O) groups excluding carboxylic acids is 2. The van der Waals surface area contributed by atoms with Crippen molar-refractivity contribution >= 4 is 24.2 Å². The van der Waals surface area contributed by atoms with E-state index in [1.807, 2.05) is 4.90 Å². The van der Waals surface area contributed by atoms with Crippen LogP contribution in [0.3, 0.4) is 0 Å². The van der Waals surface area contributed by atoms with Crippen molar-refractivity contribution in [2.24, 2.45) is 35.3 Å². The van der Waals surface area contributed by atoms with E-state index >= 15 is 0 Å². The molecule has 1 aliphatic heterocycles. The molecule has 0 radical (unpaired) electrons. The molecule has 3 N–H and O–H groups in total. The Morgan fingerprint density at radius 3 is 2.50 bits per heavy atom. The zero-order valence-electron chi connectivity index (χ0n) is 14.3. The average Bonchev–Trinajstić information content (AvgIpc) is 3.20. The molecular formula is C18H30ClN3O2. The summed E-state index contributed by atoms with van der Waals surface area (Å²) in [5, 5.41) is 3.08. The number of fused-ring (bicyclic) bond motifs is 2. The Hall–Kier alpha value is -0.810. The van der Waals surface area contributed by atoms with E-state index in [4.69, 9.17) is 5.73 Å². The molecule has 136 valence electrons. The quantitative estimate of drug-likeness (QED) is 0.803. The number of likely N-dealkylation sites (tertiary alicyclic amines) is 1. The van der Waals surface area contributed by atoms with Crippen molar-refractivity contribution < 1.29 is 9.59 Å². The van der Waals surface area contributed by atoms with Crippen molar-refractivity contribution in [3.05, 3.63) is 0 Å². The number of nitrogens with one attached hydrogen (secondary N) is 1. The first kappa shape index (κ1) is 18.0. The van der Waals surface area contributed by atoms with Crippen molar-refractivity contribution in [1.82, 2.24) is 10.2 Å². The first-order chi connectivity index (χ1) is 11.1. The van der Waals surface area contributed by atoms with Gasteiger partial charge in [-0.1, -0.05) is 0 Å². The molecule has 4 aliphatic rings. The minimum absolute atomic E-state index is 0. The maximum absolute atomic E-state index is 13.0. The van der Waals surface area contributed by atoms with Crippen LogP contribution in [0.15, 0.2) is 0 Å². The second-order valence-electron chi connectivity index (χ2n) is 8.25. The Labute approximate surface area is 150 Å². The zero-order chi connectivity index (χ0) is 16.0. The molecule has 2 bridgehead atoms. The molecule has 2 amide bonds. The summed E-state index contributed by atoms with van der Waals surface area (Å²) >= 11 is 0. The summed E-state index contributed by atoms with van der Waals surface area (Å²) in [6, 6.07) is 0.0466. The largest absolute Gasteiger partial charge is 0.356 e. The van der Waals surface area contributed by atoms with Crippen molar-refractivity contribution in [3.8, 4) is 0 Å². The average molecular weight is 356 g/mol. The van der Waals surface area contributed by atoms with Crippen LogP contribution in [-0.4, -0.2) is 42.4 Å². The Balaban J connectivity index is 0.00000169. The monoisotopic (exact) mass is 355 g/mol. The second kappa shape index (κ2) is 7.20. The Bertz CT molecular complexity index is 495. The molecular weight excluding hydrogens is 326 g/mol. The minimum atomic E-state index is -0.0266. The minimum Gasteiger partial charge on any atom is -0.356 e. The highest BCUT2D eigenvalue weighted by Crippen LogP contribution is 2.48. The Kier molecular flexibility index (Phi) is 5.40. The lowest BCUT2D eigenvalue weighted by atomic mass is 9.83. The number of hydrogen-bond donors (Lipinski definition) is 2. The van der Waals surface area contributed by atoms with E-state index in [1.54, 1.807) is 0 Å². The zero-order valence-corrected chi connectivity index (χ0v) is 15.1. The molecule has 4 rings (SSSR count). The van der Waals surface area contributed by atoms with Crippen LogP contribution in [0.2, 0.25) is 0 Å². The highest BCUT2D eigenvalue weighted by Gasteiger charge is 2.50. The third kappa shape index (κ3) is 3.43. The molecule has 24 heavy (non-hydrogen) atoms. The van der Waals surface area contributed by atoms with Gasteiger partial charge in [-0.3, -0.25) is 9.59 Å². The van der Waals surface area contributed by atoms with Gasteiger partial charge in [0.25, 0.3) is 0 Å². The SMILES string of the molecule is Cl.NC1C2CCC(C2)C1C(=O)N1CCCC(C(=O)NCC2CC2)C1. The number of nitrogens with two attached hydrogens (primary N) is 1. The van der Waals surface area contributed by atoms with E-state index in [1.165, 1.54) is 19.3 Å². The predicted octanol–water partition coefficient (Wildman–Crippen LogP) is 1.55. The summed E-state index contributed by atoms with van der Waals surface area (Å²) in [6.45, 7) is 2.21. The van der Waals surface area contributed by atoms with Gasteiger partial charge in [0.05, 0.1) is 11.8 Å². The van der Waals surface area contributed by atoms with Gasteiger partial charge in [0, 0.05) is 25.7 Å². The third-order valence-corrected chi connectivity index (χ3v) is 6.63. The first-order valence-electron chi connectivity index (χ1n) is 9.45. The summed E-state index contributed by atoms with van der Waals surface area (Å²) in [7, 11) is 0. The van der Waals surface area contributed by atoms with Crippen LogP contribution in [0, 0.1) is 29.6 Å². The van der Waals surface area contributed by atoms with E-state index in [0.717, 1.165) is 38.8 Å². The van der Waals surface area contributed by atoms with Crippen LogP contribution in [0.25, 0.3) is 0 Å². The van der Waals surface area contributed by atoms with Gasteiger partial charge >= 0.3 is 0 Å². The molecule has 1 saturated heterocycles. The number of rotatable bonds is 4. The molecule has 3 aliphatic carbocycles. The summed E-state index contributed by atoms with van der Waals surface area (Å²) in [5.41, 5.74) is 6.33. The molecule has 5 unspecified atom stereocenters. The van der Waals surface area contributed by atoms with E-state index in [2.05, 4.69) is 5.32 Å². The predicted molar refractivity (Wildman–Crippen MR) is 94.6 cm³/mol. The molecule has 0 aromatic carbocycles. The Morgan fingerprint density at radius 1 is 1.08 bits per heavy atom. The summed E-state index contributed by atoms with van der Waals surface area (Å²) in [4.78, 5) is 27.2. The number of nitrogens with zero attached hydrogens (tertiary/aromatic N) is 1. The molecule has 0 aromatic heterocycles. The van der Waals surface area contributed by atoms with Crippen LogP contribution in [0.1, 0.15) is 44.9 Å². The molecule has 1 heterocycles. The first-order valence-corrected chi connectivity index (χ1v) is 9.45. The van der Waals surface area contributed by atoms with Crippen LogP contribution >= 0.6 is 12.4 Å². The van der Waals surface area contributed by atoms with E-state index < -0.39 is 0 Å². The maximum Gasteiger partial charge on any atom is 0.227 e. The molecule has 3 saturated carbocycles. The molecule has 0 aromatic rings. The van der Waals surface area contributed by atoms with Crippen molar-refractivity contribution in [2.75, 3.05) is 19.6 Å². The fourth-order valence-corrected chi connectivity index (χ4v) is 5.02. The maximum atomic E-state index is 13.0. The normalized spacial score (nSPS) is 37.9. The van der Waals surface area contributed by atoms with E-state index in [9.17, 15) is 9.59 Å². The number of halogens is 1. The Morgan fingerprint density at radius 2 is 1.83 bits per heavy atom. The highest BCUT2D eigenvalue weighted by molar-refractivity contribution is 5.85. The summed E-state index contributed by atoms with van der Waals surface area (Å²) < 4.78 is 0. The lowest BCUT2D eigenvalue weighted by Gasteiger charge is -2.37. The number of amides is 2. The molecule has 0 spiro atoms. The van der Waals surface area contributed by atoms with Gasteiger partial charge in [-0.2, -0.15) is 0 Å². The number of piperidine rings is 1. The topological polar surface area (TPSA) is 75.4 Å². The van der Waals surface area contributed by atoms with Crippen LogP contribution in [-0.2, 0) is 9.59 Å². The van der Waals surface area contributed by atoms with Gasteiger partial charge in [0.15, 0.2) is 0 Å². The van der Waals surface area contributed by atoms with Crippen LogP contribution in [0.4, 0.5) is 0 Å². The summed E-state index contributed by atoms with van der Waals surface area (Å²) in [5.74, 6) is 2.11. The lowest BCUT2D eigenvalue weighted by molar-refractivity contribution is -0.141. The summed E-state index contributed by atoms with van der Waals surface area (Å²) in [6.07, 6.45) is 7.83. The molecule has 6 heteroatoms. The molecule has 5 nitrogen and oxygen atoms in total. The number of hydrogen-bond acceptors (Lipinski definition) is 3. The standard InChI is InChI=1S/C18H29N3O2.ClH/c19-16-13-6-5-12(8-13)15(16)18(23)21-7-1-2-14(10-21)17(22)20-9-11-3-4-11;/h11-16H,1-10,19H2,(H,20,22);1H. The van der Waals surface area contributed by atoms with E-state index in [-0.39, 0.29) is 42.1 Å². The highest BCUT2D eigenvalue weighted by atomic mass is 35.5. The lowest BCUT2D eigenvalue weighted by Crippen LogP contribution is -2.51. The van der Waals surface area contributed by atoms with Crippen molar-refractivity contribution in [2.45, 2.75) is 51.0 Å². The van der Waals surface area contributed by atoms with Gasteiger partial charge in [-0.25, -0.2) is 0 Å². The van der Waals surface area contributed by atoms with Gasteiger partial charge in [0.1, 0.15) is 0 Å².